The Morgan fingerprint density at radius 2 is 1.56 bits per heavy atom. The van der Waals surface area contributed by atoms with Crippen LogP contribution >= 0.6 is 11.8 Å². The van der Waals surface area contributed by atoms with Crippen molar-refractivity contribution in [1.82, 2.24) is 4.31 Å². The zero-order valence-electron chi connectivity index (χ0n) is 15.8. The first-order valence-corrected chi connectivity index (χ1v) is 10.9. The Balaban J connectivity index is 2.05. The summed E-state index contributed by atoms with van der Waals surface area (Å²) in [5.41, 5.74) is 1.76. The van der Waals surface area contributed by atoms with Gasteiger partial charge in [-0.1, -0.05) is 17.7 Å². The molecule has 0 amide bonds. The van der Waals surface area contributed by atoms with Crippen LogP contribution < -0.4 is 14.2 Å². The molecule has 0 aromatic heterocycles. The van der Waals surface area contributed by atoms with Crippen LogP contribution in [0, 0.1) is 6.92 Å². The molecule has 2 aromatic rings. The second kappa shape index (κ2) is 8.00. The van der Waals surface area contributed by atoms with E-state index in [4.69, 9.17) is 14.2 Å². The molecular weight excluding hydrogens is 386 g/mol. The third-order valence-corrected chi connectivity index (χ3v) is 7.73. The smallest absolute Gasteiger partial charge is 0.244 e. The van der Waals surface area contributed by atoms with Gasteiger partial charge >= 0.3 is 0 Å². The molecule has 1 aliphatic heterocycles. The Morgan fingerprint density at radius 1 is 0.963 bits per heavy atom. The van der Waals surface area contributed by atoms with E-state index in [-0.39, 0.29) is 0 Å². The van der Waals surface area contributed by atoms with Gasteiger partial charge < -0.3 is 14.2 Å². The van der Waals surface area contributed by atoms with E-state index in [0.29, 0.717) is 34.4 Å². The summed E-state index contributed by atoms with van der Waals surface area (Å²) in [5, 5.41) is -0.397. The van der Waals surface area contributed by atoms with Gasteiger partial charge in [-0.05, 0) is 25.1 Å². The number of sulfonamides is 1. The van der Waals surface area contributed by atoms with Crippen LogP contribution in [0.1, 0.15) is 16.5 Å². The molecule has 0 radical (unpaired) electrons. The van der Waals surface area contributed by atoms with Gasteiger partial charge in [-0.3, -0.25) is 0 Å². The van der Waals surface area contributed by atoms with Crippen LogP contribution in [0.5, 0.6) is 17.2 Å². The third-order valence-electron chi connectivity index (χ3n) is 4.48. The van der Waals surface area contributed by atoms with Gasteiger partial charge in [-0.25, -0.2) is 8.42 Å². The van der Waals surface area contributed by atoms with Crippen molar-refractivity contribution in [1.29, 1.82) is 0 Å². The number of thioether (sulfide) groups is 1. The van der Waals surface area contributed by atoms with Gasteiger partial charge in [0.1, 0.15) is 5.75 Å². The van der Waals surface area contributed by atoms with Crippen molar-refractivity contribution < 1.29 is 22.6 Å². The van der Waals surface area contributed by atoms with Crippen LogP contribution in [0.15, 0.2) is 41.3 Å². The second-order valence-corrected chi connectivity index (χ2v) is 9.18. The first-order chi connectivity index (χ1) is 12.9. The number of benzene rings is 2. The molecule has 1 atom stereocenters. The van der Waals surface area contributed by atoms with Crippen molar-refractivity contribution in [3.8, 4) is 17.2 Å². The molecular formula is C19H23NO5S2. The minimum absolute atomic E-state index is 0.292. The van der Waals surface area contributed by atoms with Crippen molar-refractivity contribution in [2.45, 2.75) is 17.2 Å². The maximum atomic E-state index is 13.2. The molecule has 146 valence electrons. The largest absolute Gasteiger partial charge is 0.496 e. The van der Waals surface area contributed by atoms with Crippen molar-refractivity contribution in [2.75, 3.05) is 33.6 Å². The normalized spacial score (nSPS) is 17.7. The first-order valence-electron chi connectivity index (χ1n) is 8.42. The molecule has 27 heavy (non-hydrogen) atoms. The van der Waals surface area contributed by atoms with Crippen molar-refractivity contribution in [2.24, 2.45) is 0 Å². The summed E-state index contributed by atoms with van der Waals surface area (Å²) in [5.74, 6) is 2.34. The first kappa shape index (κ1) is 19.9. The van der Waals surface area contributed by atoms with E-state index in [1.54, 1.807) is 57.4 Å². The molecule has 0 N–H and O–H groups in total. The number of nitrogens with zero attached hydrogens (tertiary/aromatic N) is 1. The van der Waals surface area contributed by atoms with Crippen LogP contribution in [0.3, 0.4) is 0 Å². The Morgan fingerprint density at radius 3 is 2.15 bits per heavy atom. The number of ether oxygens (including phenoxy) is 3. The van der Waals surface area contributed by atoms with E-state index in [1.807, 2.05) is 19.1 Å². The lowest BCUT2D eigenvalue weighted by molar-refractivity contribution is 0.344. The van der Waals surface area contributed by atoms with E-state index >= 15 is 0 Å². The number of aryl methyl sites for hydroxylation is 1. The molecule has 1 saturated heterocycles. The van der Waals surface area contributed by atoms with Crippen molar-refractivity contribution >= 4 is 21.8 Å². The molecule has 0 spiro atoms. The molecule has 1 aliphatic rings. The SMILES string of the molecule is COc1cc(OC)c(C2SCCN2S(=O)(=O)c2ccc(C)cc2)cc1OC. The van der Waals surface area contributed by atoms with E-state index in [0.717, 1.165) is 11.1 Å². The highest BCUT2D eigenvalue weighted by Gasteiger charge is 2.38. The zero-order valence-corrected chi connectivity index (χ0v) is 17.4. The van der Waals surface area contributed by atoms with E-state index in [2.05, 4.69) is 0 Å². The van der Waals surface area contributed by atoms with Gasteiger partial charge in [0.2, 0.25) is 10.0 Å². The van der Waals surface area contributed by atoms with Gasteiger partial charge in [-0.2, -0.15) is 4.31 Å². The average molecular weight is 410 g/mol. The van der Waals surface area contributed by atoms with Gasteiger partial charge in [0.15, 0.2) is 11.5 Å². The zero-order chi connectivity index (χ0) is 19.6. The van der Waals surface area contributed by atoms with Crippen LogP contribution in [0.2, 0.25) is 0 Å². The summed E-state index contributed by atoms with van der Waals surface area (Å²) in [7, 11) is 1.03. The Bertz CT molecular complexity index is 912. The minimum Gasteiger partial charge on any atom is -0.496 e. The molecule has 0 saturated carbocycles. The van der Waals surface area contributed by atoms with E-state index in [9.17, 15) is 8.42 Å². The molecule has 1 unspecified atom stereocenters. The summed E-state index contributed by atoms with van der Waals surface area (Å²) in [4.78, 5) is 0.292. The highest BCUT2D eigenvalue weighted by Crippen LogP contribution is 2.47. The molecule has 3 rings (SSSR count). The Hall–Kier alpha value is -1.90. The summed E-state index contributed by atoms with van der Waals surface area (Å²) in [6.07, 6.45) is 0. The molecule has 1 fully saturated rings. The van der Waals surface area contributed by atoms with Crippen molar-refractivity contribution in [3.05, 3.63) is 47.5 Å². The lowest BCUT2D eigenvalue weighted by atomic mass is 10.1. The number of hydrogen-bond acceptors (Lipinski definition) is 6. The molecule has 2 aromatic carbocycles. The molecule has 0 aliphatic carbocycles. The van der Waals surface area contributed by atoms with Crippen molar-refractivity contribution in [3.63, 3.8) is 0 Å². The average Bonchev–Trinajstić information content (AvgIpc) is 3.17. The third kappa shape index (κ3) is 3.74. The van der Waals surface area contributed by atoms with Gasteiger partial charge in [0.25, 0.3) is 0 Å². The Labute approximate surface area is 164 Å². The molecule has 8 heteroatoms. The fraction of sp³-hybridized carbons (Fsp3) is 0.368. The molecule has 6 nitrogen and oxygen atoms in total. The van der Waals surface area contributed by atoms with Crippen LogP contribution in [0.4, 0.5) is 0 Å². The Kier molecular flexibility index (Phi) is 5.88. The van der Waals surface area contributed by atoms with E-state index < -0.39 is 15.4 Å². The number of hydrogen-bond donors (Lipinski definition) is 0. The van der Waals surface area contributed by atoms with Gasteiger partial charge in [0.05, 0.1) is 31.6 Å². The summed E-state index contributed by atoms with van der Waals surface area (Å²) in [6, 6.07) is 10.4. The maximum Gasteiger partial charge on any atom is 0.244 e. The summed E-state index contributed by atoms with van der Waals surface area (Å²) >= 11 is 1.56. The van der Waals surface area contributed by atoms with Crippen LogP contribution in [-0.4, -0.2) is 46.4 Å². The monoisotopic (exact) mass is 409 g/mol. The second-order valence-electron chi connectivity index (χ2n) is 6.10. The predicted octanol–water partition coefficient (Wildman–Crippen LogP) is 3.46. The lowest BCUT2D eigenvalue weighted by Crippen LogP contribution is -2.30. The lowest BCUT2D eigenvalue weighted by Gasteiger charge is -2.25. The molecule has 0 bridgehead atoms. The standard InChI is InChI=1S/C19H23NO5S2/c1-13-5-7-14(8-6-13)27(21,22)20-9-10-26-19(20)15-11-17(24-3)18(25-4)12-16(15)23-2/h5-8,11-12,19H,9-10H2,1-4H3. The van der Waals surface area contributed by atoms with Crippen LogP contribution in [-0.2, 0) is 10.0 Å². The fourth-order valence-electron chi connectivity index (χ4n) is 3.04. The topological polar surface area (TPSA) is 65.1 Å². The fourth-order valence-corrected chi connectivity index (χ4v) is 6.28. The number of methoxy groups -OCH3 is 3. The van der Waals surface area contributed by atoms with Gasteiger partial charge in [0, 0.05) is 23.9 Å². The predicted molar refractivity (Wildman–Crippen MR) is 106 cm³/mol. The summed E-state index contributed by atoms with van der Waals surface area (Å²) in [6.45, 7) is 2.36. The quantitative estimate of drug-likeness (QED) is 0.728. The molecule has 1 heterocycles. The van der Waals surface area contributed by atoms with Gasteiger partial charge in [-0.15, -0.1) is 11.8 Å². The van der Waals surface area contributed by atoms with E-state index in [1.165, 1.54) is 4.31 Å². The minimum atomic E-state index is -3.63. The highest BCUT2D eigenvalue weighted by atomic mass is 32.2. The number of rotatable bonds is 6. The maximum absolute atomic E-state index is 13.2. The van der Waals surface area contributed by atoms with Crippen LogP contribution in [0.25, 0.3) is 0 Å². The summed E-state index contributed by atoms with van der Waals surface area (Å²) < 4.78 is 44.2. The highest BCUT2D eigenvalue weighted by molar-refractivity contribution is 8.01.